The highest BCUT2D eigenvalue weighted by Crippen LogP contribution is 2.42. The fourth-order valence-corrected chi connectivity index (χ4v) is 3.92. The fraction of sp³-hybridized carbons (Fsp3) is 0.115. The van der Waals surface area contributed by atoms with E-state index >= 15 is 0 Å². The topological polar surface area (TPSA) is 104 Å². The van der Waals surface area contributed by atoms with Gasteiger partial charge in [0, 0.05) is 11.3 Å². The van der Waals surface area contributed by atoms with Crippen LogP contribution in [-0.2, 0) is 20.8 Å². The predicted octanol–water partition coefficient (Wildman–Crippen LogP) is 3.95. The summed E-state index contributed by atoms with van der Waals surface area (Å²) in [5.74, 6) is -2.35. The van der Waals surface area contributed by atoms with Crippen molar-refractivity contribution >= 4 is 29.1 Å². The first kappa shape index (κ1) is 21.8. The molecule has 1 heterocycles. The zero-order valence-corrected chi connectivity index (χ0v) is 17.8. The zero-order chi connectivity index (χ0) is 23.5. The number of rotatable bonds is 6. The molecule has 3 aromatic carbocycles. The molecule has 0 aliphatic carbocycles. The molecule has 7 heteroatoms. The molecule has 1 fully saturated rings. The first-order valence-corrected chi connectivity index (χ1v) is 10.2. The Balaban J connectivity index is 1.86. The third-order valence-electron chi connectivity index (χ3n) is 5.47. The van der Waals surface area contributed by atoms with Crippen LogP contribution in [0.2, 0.25) is 0 Å². The van der Waals surface area contributed by atoms with Gasteiger partial charge >= 0.3 is 5.97 Å². The Bertz CT molecular complexity index is 1250. The van der Waals surface area contributed by atoms with Gasteiger partial charge in [0.1, 0.15) is 11.5 Å². The van der Waals surface area contributed by atoms with E-state index in [-0.39, 0.29) is 17.8 Å². The second-order valence-corrected chi connectivity index (χ2v) is 7.55. The van der Waals surface area contributed by atoms with E-state index in [1.54, 1.807) is 72.8 Å². The number of aliphatic hydroxyl groups excluding tert-OH is 1. The Kier molecular flexibility index (Phi) is 5.95. The van der Waals surface area contributed by atoms with Gasteiger partial charge in [-0.15, -0.1) is 0 Å². The van der Waals surface area contributed by atoms with Crippen molar-refractivity contribution in [3.63, 3.8) is 0 Å². The molecule has 3 aromatic rings. The normalized spacial score (nSPS) is 17.2. The Morgan fingerprint density at radius 2 is 1.64 bits per heavy atom. The van der Waals surface area contributed by atoms with Crippen molar-refractivity contribution in [3.05, 3.63) is 101 Å². The minimum Gasteiger partial charge on any atom is -0.507 e. The molecule has 1 amide bonds. The van der Waals surface area contributed by atoms with E-state index < -0.39 is 23.7 Å². The Hall–Kier alpha value is -4.39. The maximum atomic E-state index is 13.1. The van der Waals surface area contributed by atoms with Crippen LogP contribution in [0.5, 0.6) is 5.75 Å². The van der Waals surface area contributed by atoms with Gasteiger partial charge in [-0.05, 0) is 35.4 Å². The Labute approximate surface area is 190 Å². The molecule has 0 radical (unpaired) electrons. The number of anilines is 1. The van der Waals surface area contributed by atoms with E-state index in [2.05, 4.69) is 0 Å². The van der Waals surface area contributed by atoms with E-state index in [1.165, 1.54) is 12.0 Å². The molecule has 0 aromatic heterocycles. The molecule has 1 atom stereocenters. The van der Waals surface area contributed by atoms with Gasteiger partial charge in [0.15, 0.2) is 0 Å². The summed E-state index contributed by atoms with van der Waals surface area (Å²) in [5.41, 5.74) is 1.95. The van der Waals surface area contributed by atoms with Gasteiger partial charge < -0.3 is 14.9 Å². The van der Waals surface area contributed by atoms with Crippen molar-refractivity contribution in [2.24, 2.45) is 0 Å². The molecule has 1 aliphatic heterocycles. The van der Waals surface area contributed by atoms with Crippen molar-refractivity contribution < 1.29 is 29.3 Å². The second kappa shape index (κ2) is 9.00. The third-order valence-corrected chi connectivity index (χ3v) is 5.47. The number of carboxylic acid groups (broad SMARTS) is 1. The molecule has 2 N–H and O–H groups in total. The highest BCUT2D eigenvalue weighted by atomic mass is 16.5. The van der Waals surface area contributed by atoms with Gasteiger partial charge in [-0.25, -0.2) is 0 Å². The number of aliphatic hydroxyl groups is 1. The number of ether oxygens (including phenoxy) is 1. The summed E-state index contributed by atoms with van der Waals surface area (Å²) < 4.78 is 5.22. The summed E-state index contributed by atoms with van der Waals surface area (Å²) in [4.78, 5) is 38.6. The molecule has 7 nitrogen and oxygen atoms in total. The van der Waals surface area contributed by atoms with E-state index in [0.29, 0.717) is 28.1 Å². The van der Waals surface area contributed by atoms with Gasteiger partial charge in [0.25, 0.3) is 11.7 Å². The van der Waals surface area contributed by atoms with Crippen LogP contribution in [0.4, 0.5) is 5.69 Å². The van der Waals surface area contributed by atoms with Crippen molar-refractivity contribution in [1.29, 1.82) is 0 Å². The van der Waals surface area contributed by atoms with E-state index in [0.717, 1.165) is 0 Å². The van der Waals surface area contributed by atoms with Gasteiger partial charge in [-0.3, -0.25) is 19.3 Å². The standard InChI is InChI=1S/C26H21NO6/c1-33-20-9-5-8-18(15-20)24(30)22-23(17-6-3-2-4-7-17)27(26(32)25(22)31)19-12-10-16(11-13-19)14-21(28)29/h2-13,15,23,30H,14H2,1H3,(H,28,29)/b24-22-. The van der Waals surface area contributed by atoms with Gasteiger partial charge in [0.2, 0.25) is 0 Å². The fourth-order valence-electron chi connectivity index (χ4n) is 3.92. The van der Waals surface area contributed by atoms with Crippen LogP contribution in [0.1, 0.15) is 22.7 Å². The number of nitrogens with zero attached hydrogens (tertiary/aromatic N) is 1. The monoisotopic (exact) mass is 443 g/mol. The van der Waals surface area contributed by atoms with Crippen molar-refractivity contribution in [2.75, 3.05) is 12.0 Å². The van der Waals surface area contributed by atoms with Gasteiger partial charge in [-0.2, -0.15) is 0 Å². The number of aliphatic carboxylic acids is 1. The third kappa shape index (κ3) is 4.21. The zero-order valence-electron chi connectivity index (χ0n) is 17.8. The summed E-state index contributed by atoms with van der Waals surface area (Å²) in [7, 11) is 1.50. The molecule has 4 rings (SSSR count). The molecule has 0 saturated carbocycles. The van der Waals surface area contributed by atoms with Crippen molar-refractivity contribution in [1.82, 2.24) is 0 Å². The number of hydrogen-bond donors (Lipinski definition) is 2. The number of ketones is 1. The summed E-state index contributed by atoms with van der Waals surface area (Å²) in [5, 5.41) is 20.1. The highest BCUT2D eigenvalue weighted by Gasteiger charge is 2.46. The summed E-state index contributed by atoms with van der Waals surface area (Å²) in [6.45, 7) is 0. The predicted molar refractivity (Wildman–Crippen MR) is 122 cm³/mol. The summed E-state index contributed by atoms with van der Waals surface area (Å²) in [6, 6.07) is 21.1. The first-order valence-electron chi connectivity index (χ1n) is 10.2. The van der Waals surface area contributed by atoms with Crippen LogP contribution in [0.25, 0.3) is 5.76 Å². The molecule has 33 heavy (non-hydrogen) atoms. The van der Waals surface area contributed by atoms with Crippen molar-refractivity contribution in [3.8, 4) is 5.75 Å². The van der Waals surface area contributed by atoms with E-state index in [4.69, 9.17) is 9.84 Å². The Morgan fingerprint density at radius 1 is 0.939 bits per heavy atom. The molecular formula is C26H21NO6. The number of hydrogen-bond acceptors (Lipinski definition) is 5. The summed E-state index contributed by atoms with van der Waals surface area (Å²) >= 11 is 0. The molecule has 166 valence electrons. The quantitative estimate of drug-likeness (QED) is 0.340. The van der Waals surface area contributed by atoms with Crippen LogP contribution >= 0.6 is 0 Å². The van der Waals surface area contributed by atoms with Crippen LogP contribution in [0.3, 0.4) is 0 Å². The number of carbonyl (C=O) groups is 3. The largest absolute Gasteiger partial charge is 0.507 e. The molecule has 0 bridgehead atoms. The number of benzene rings is 3. The SMILES string of the molecule is COc1cccc(/C(O)=C2/C(=O)C(=O)N(c3ccc(CC(=O)O)cc3)C2c2ccccc2)c1. The molecule has 1 saturated heterocycles. The van der Waals surface area contributed by atoms with Crippen molar-refractivity contribution in [2.45, 2.75) is 12.5 Å². The molecule has 1 aliphatic rings. The first-order chi connectivity index (χ1) is 15.9. The van der Waals surface area contributed by atoms with Crippen LogP contribution in [-0.4, -0.2) is 35.0 Å². The number of carbonyl (C=O) groups excluding carboxylic acids is 2. The number of carboxylic acids is 1. The van der Waals surface area contributed by atoms with Crippen LogP contribution in [0.15, 0.2) is 84.4 Å². The van der Waals surface area contributed by atoms with Gasteiger partial charge in [-0.1, -0.05) is 54.6 Å². The molecular weight excluding hydrogens is 422 g/mol. The van der Waals surface area contributed by atoms with E-state index in [9.17, 15) is 19.5 Å². The minimum absolute atomic E-state index is 0.0333. The van der Waals surface area contributed by atoms with Gasteiger partial charge in [0.05, 0.1) is 25.1 Å². The lowest BCUT2D eigenvalue weighted by Gasteiger charge is -2.25. The smallest absolute Gasteiger partial charge is 0.307 e. The lowest BCUT2D eigenvalue weighted by Crippen LogP contribution is -2.29. The van der Waals surface area contributed by atoms with E-state index in [1.807, 2.05) is 6.07 Å². The average molecular weight is 443 g/mol. The summed E-state index contributed by atoms with van der Waals surface area (Å²) in [6.07, 6.45) is -0.156. The lowest BCUT2D eigenvalue weighted by molar-refractivity contribution is -0.136. The number of Topliss-reactive ketones (excluding diaryl/α,β-unsaturated/α-hetero) is 1. The maximum Gasteiger partial charge on any atom is 0.307 e. The second-order valence-electron chi connectivity index (χ2n) is 7.55. The molecule has 1 unspecified atom stereocenters. The lowest BCUT2D eigenvalue weighted by atomic mass is 9.95. The maximum absolute atomic E-state index is 13.1. The number of methoxy groups -OCH3 is 1. The van der Waals surface area contributed by atoms with Crippen LogP contribution < -0.4 is 9.64 Å². The number of amides is 1. The Morgan fingerprint density at radius 3 is 2.27 bits per heavy atom. The van der Waals surface area contributed by atoms with Crippen LogP contribution in [0, 0.1) is 0 Å². The molecule has 0 spiro atoms. The highest BCUT2D eigenvalue weighted by molar-refractivity contribution is 6.51. The minimum atomic E-state index is -0.967. The average Bonchev–Trinajstić information content (AvgIpc) is 3.10.